The molecule has 134 valence electrons. The van der Waals surface area contributed by atoms with Crippen molar-refractivity contribution in [2.24, 2.45) is 0 Å². The Morgan fingerprint density at radius 2 is 1.96 bits per heavy atom. The smallest absolute Gasteiger partial charge is 0.321 e. The Kier molecular flexibility index (Phi) is 5.55. The van der Waals surface area contributed by atoms with Crippen LogP contribution >= 0.6 is 0 Å². The van der Waals surface area contributed by atoms with Crippen LogP contribution in [0.5, 0.6) is 0 Å². The molecule has 1 amide bonds. The Hall–Kier alpha value is -2.71. The summed E-state index contributed by atoms with van der Waals surface area (Å²) in [6.45, 7) is 2.25. The van der Waals surface area contributed by atoms with Gasteiger partial charge in [0.25, 0.3) is 11.5 Å². The molecule has 0 spiro atoms. The van der Waals surface area contributed by atoms with Gasteiger partial charge in [0.1, 0.15) is 11.5 Å². The van der Waals surface area contributed by atoms with Crippen molar-refractivity contribution in [1.29, 1.82) is 0 Å². The van der Waals surface area contributed by atoms with Gasteiger partial charge >= 0.3 is 6.18 Å². The molecule has 1 aromatic heterocycles. The van der Waals surface area contributed by atoms with E-state index in [2.05, 4.69) is 10.4 Å². The summed E-state index contributed by atoms with van der Waals surface area (Å²) in [4.78, 5) is 23.8. The van der Waals surface area contributed by atoms with Crippen molar-refractivity contribution in [1.82, 2.24) is 9.78 Å². The number of amides is 1. The highest BCUT2D eigenvalue weighted by atomic mass is 19.4. The molecule has 1 heterocycles. The second kappa shape index (κ2) is 7.45. The van der Waals surface area contributed by atoms with Gasteiger partial charge in [0, 0.05) is 18.3 Å². The third kappa shape index (κ3) is 4.65. The Bertz CT molecular complexity index is 831. The van der Waals surface area contributed by atoms with E-state index in [1.165, 1.54) is 6.07 Å². The fraction of sp³-hybridized carbons (Fsp3) is 0.312. The van der Waals surface area contributed by atoms with E-state index >= 15 is 0 Å². The zero-order valence-corrected chi connectivity index (χ0v) is 13.2. The molecule has 5 nitrogen and oxygen atoms in total. The van der Waals surface area contributed by atoms with Crippen LogP contribution < -0.4 is 10.9 Å². The van der Waals surface area contributed by atoms with Gasteiger partial charge in [-0.1, -0.05) is 13.3 Å². The standard InChI is InChI=1S/C16H15F4N3O2/c1-2-3-8-23-14(24)7-6-13(22-23)15(25)21-10-4-5-12(17)11(9-10)16(18,19)20/h4-7,9H,2-3,8H2,1H3,(H,21,25). The van der Waals surface area contributed by atoms with E-state index in [1.54, 1.807) is 0 Å². The highest BCUT2D eigenvalue weighted by Crippen LogP contribution is 2.33. The van der Waals surface area contributed by atoms with Crippen molar-refractivity contribution in [3.8, 4) is 0 Å². The Balaban J connectivity index is 2.24. The normalized spacial score (nSPS) is 11.4. The lowest BCUT2D eigenvalue weighted by Gasteiger charge is -2.11. The zero-order chi connectivity index (χ0) is 18.6. The number of halogens is 4. The minimum absolute atomic E-state index is 0.131. The van der Waals surface area contributed by atoms with E-state index in [4.69, 9.17) is 0 Å². The first-order valence-corrected chi connectivity index (χ1v) is 7.48. The van der Waals surface area contributed by atoms with Gasteiger partial charge in [-0.25, -0.2) is 9.07 Å². The number of hydrogen-bond acceptors (Lipinski definition) is 3. The average Bonchev–Trinajstić information content (AvgIpc) is 2.54. The highest BCUT2D eigenvalue weighted by molar-refractivity contribution is 6.02. The van der Waals surface area contributed by atoms with E-state index in [1.807, 2.05) is 6.92 Å². The summed E-state index contributed by atoms with van der Waals surface area (Å²) >= 11 is 0. The van der Waals surface area contributed by atoms with Crippen LogP contribution in [0.25, 0.3) is 0 Å². The average molecular weight is 357 g/mol. The molecule has 0 aliphatic heterocycles. The Morgan fingerprint density at radius 1 is 1.24 bits per heavy atom. The van der Waals surface area contributed by atoms with Gasteiger partial charge in [-0.3, -0.25) is 9.59 Å². The molecule has 1 aromatic carbocycles. The van der Waals surface area contributed by atoms with E-state index < -0.39 is 23.5 Å². The molecule has 0 radical (unpaired) electrons. The number of benzene rings is 1. The van der Waals surface area contributed by atoms with Crippen LogP contribution in [-0.4, -0.2) is 15.7 Å². The number of carbonyl (C=O) groups excluding carboxylic acids is 1. The maximum atomic E-state index is 13.3. The molecule has 0 fully saturated rings. The first kappa shape index (κ1) is 18.6. The van der Waals surface area contributed by atoms with E-state index in [-0.39, 0.29) is 16.9 Å². The largest absolute Gasteiger partial charge is 0.419 e. The Labute approximate surface area is 140 Å². The molecule has 0 unspecified atom stereocenters. The molecule has 0 bridgehead atoms. The van der Waals surface area contributed by atoms with Gasteiger partial charge < -0.3 is 5.32 Å². The van der Waals surface area contributed by atoms with Gasteiger partial charge in [-0.05, 0) is 30.7 Å². The Morgan fingerprint density at radius 3 is 2.60 bits per heavy atom. The second-order valence-corrected chi connectivity index (χ2v) is 5.28. The molecule has 25 heavy (non-hydrogen) atoms. The molecule has 2 rings (SSSR count). The lowest BCUT2D eigenvalue weighted by molar-refractivity contribution is -0.139. The summed E-state index contributed by atoms with van der Waals surface area (Å²) in [5.74, 6) is -2.23. The molecule has 0 atom stereocenters. The highest BCUT2D eigenvalue weighted by Gasteiger charge is 2.34. The van der Waals surface area contributed by atoms with Gasteiger partial charge in [0.05, 0.1) is 5.56 Å². The summed E-state index contributed by atoms with van der Waals surface area (Å²) in [6.07, 6.45) is -3.37. The fourth-order valence-corrected chi connectivity index (χ4v) is 2.05. The maximum Gasteiger partial charge on any atom is 0.419 e. The van der Waals surface area contributed by atoms with E-state index in [9.17, 15) is 27.2 Å². The minimum Gasteiger partial charge on any atom is -0.321 e. The summed E-state index contributed by atoms with van der Waals surface area (Å²) in [7, 11) is 0. The van der Waals surface area contributed by atoms with E-state index in [0.29, 0.717) is 25.1 Å². The van der Waals surface area contributed by atoms with Crippen molar-refractivity contribution in [2.75, 3.05) is 5.32 Å². The number of anilines is 1. The number of alkyl halides is 3. The third-order valence-electron chi connectivity index (χ3n) is 3.35. The van der Waals surface area contributed by atoms with Gasteiger partial charge in [-0.2, -0.15) is 18.3 Å². The topological polar surface area (TPSA) is 64.0 Å². The molecule has 1 N–H and O–H groups in total. The fourth-order valence-electron chi connectivity index (χ4n) is 2.05. The summed E-state index contributed by atoms with van der Waals surface area (Å²) < 4.78 is 52.5. The summed E-state index contributed by atoms with van der Waals surface area (Å²) in [5.41, 5.74) is -2.22. The van der Waals surface area contributed by atoms with Crippen molar-refractivity contribution in [3.63, 3.8) is 0 Å². The van der Waals surface area contributed by atoms with Crippen molar-refractivity contribution >= 4 is 11.6 Å². The quantitative estimate of drug-likeness (QED) is 0.834. The number of rotatable bonds is 5. The molecular formula is C16H15F4N3O2. The predicted molar refractivity (Wildman–Crippen MR) is 82.8 cm³/mol. The van der Waals surface area contributed by atoms with Crippen LogP contribution in [0.15, 0.2) is 35.1 Å². The monoisotopic (exact) mass is 357 g/mol. The van der Waals surface area contributed by atoms with Crippen LogP contribution in [0.3, 0.4) is 0 Å². The third-order valence-corrected chi connectivity index (χ3v) is 3.35. The first-order valence-electron chi connectivity index (χ1n) is 7.48. The number of aromatic nitrogens is 2. The van der Waals surface area contributed by atoms with Gasteiger partial charge in [0.2, 0.25) is 0 Å². The first-order chi connectivity index (χ1) is 11.7. The number of nitrogens with one attached hydrogen (secondary N) is 1. The summed E-state index contributed by atoms with van der Waals surface area (Å²) in [6, 6.07) is 4.46. The van der Waals surface area contributed by atoms with Crippen molar-refractivity contribution in [2.45, 2.75) is 32.5 Å². The lowest BCUT2D eigenvalue weighted by Crippen LogP contribution is -2.26. The molecule has 9 heteroatoms. The number of aryl methyl sites for hydroxylation is 1. The zero-order valence-electron chi connectivity index (χ0n) is 13.2. The SMILES string of the molecule is CCCCn1nc(C(=O)Nc2ccc(F)c(C(F)(F)F)c2)ccc1=O. The number of nitrogens with zero attached hydrogens (tertiary/aromatic N) is 2. The van der Waals surface area contributed by atoms with Gasteiger partial charge in [-0.15, -0.1) is 0 Å². The molecule has 0 saturated heterocycles. The van der Waals surface area contributed by atoms with Crippen LogP contribution in [-0.2, 0) is 12.7 Å². The predicted octanol–water partition coefficient (Wildman–Crippen LogP) is 3.45. The molecule has 0 aliphatic carbocycles. The maximum absolute atomic E-state index is 13.3. The summed E-state index contributed by atoms with van der Waals surface area (Å²) in [5, 5.41) is 6.11. The minimum atomic E-state index is -4.88. The lowest BCUT2D eigenvalue weighted by atomic mass is 10.1. The number of hydrogen-bond donors (Lipinski definition) is 1. The molecule has 0 aliphatic rings. The van der Waals surface area contributed by atoms with Crippen LogP contribution in [0.4, 0.5) is 23.2 Å². The van der Waals surface area contributed by atoms with Crippen LogP contribution in [0, 0.1) is 5.82 Å². The number of unbranched alkanes of at least 4 members (excludes halogenated alkanes) is 1. The van der Waals surface area contributed by atoms with Crippen molar-refractivity contribution in [3.05, 3.63) is 57.8 Å². The second-order valence-electron chi connectivity index (χ2n) is 5.28. The van der Waals surface area contributed by atoms with Crippen LogP contribution in [0.2, 0.25) is 0 Å². The molecule has 2 aromatic rings. The molecule has 0 saturated carbocycles. The molecular weight excluding hydrogens is 342 g/mol. The van der Waals surface area contributed by atoms with Crippen LogP contribution in [0.1, 0.15) is 35.8 Å². The van der Waals surface area contributed by atoms with E-state index in [0.717, 1.165) is 23.2 Å². The number of carbonyl (C=O) groups is 1. The van der Waals surface area contributed by atoms with Crippen molar-refractivity contribution < 1.29 is 22.4 Å². The van der Waals surface area contributed by atoms with Gasteiger partial charge in [0.15, 0.2) is 0 Å².